The fraction of sp³-hybridized carbons (Fsp3) is 0.0526. The van der Waals surface area contributed by atoms with Gasteiger partial charge in [-0.2, -0.15) is 0 Å². The Bertz CT molecular complexity index is 2260. The minimum Gasteiger partial charge on any atom is -0.270 e. The number of imide groups is 2. The van der Waals surface area contributed by atoms with Crippen molar-refractivity contribution in [1.29, 1.82) is 0 Å². The van der Waals surface area contributed by atoms with Crippen LogP contribution in [-0.2, 0) is 13.1 Å². The highest BCUT2D eigenvalue weighted by Gasteiger charge is 2.37. The van der Waals surface area contributed by atoms with E-state index < -0.39 is 0 Å². The molecule has 7 aromatic rings. The fourth-order valence-corrected chi connectivity index (χ4v) is 7.64. The van der Waals surface area contributed by atoms with Crippen LogP contribution in [0.3, 0.4) is 0 Å². The van der Waals surface area contributed by atoms with Crippen LogP contribution < -0.4 is 0 Å². The monoisotopic (exact) mass is 638 g/mol. The minimum atomic E-state index is -0.382. The molecule has 0 N–H and O–H groups in total. The number of amides is 4. The fourth-order valence-electron chi connectivity index (χ4n) is 7.25. The Labute approximate surface area is 271 Å². The molecule has 0 saturated heterocycles. The van der Waals surface area contributed by atoms with Crippen molar-refractivity contribution >= 4 is 89.9 Å². The summed E-state index contributed by atoms with van der Waals surface area (Å²) in [6, 6.07) is 29.0. The van der Waals surface area contributed by atoms with Gasteiger partial charge in [0.1, 0.15) is 0 Å². The van der Waals surface area contributed by atoms with Crippen LogP contribution in [0.4, 0.5) is 0 Å². The molecule has 8 heteroatoms. The average molecular weight is 639 g/mol. The van der Waals surface area contributed by atoms with Crippen molar-refractivity contribution in [3.8, 4) is 0 Å². The molecule has 220 valence electrons. The Hall–Kier alpha value is -5.30. The van der Waals surface area contributed by atoms with Crippen LogP contribution in [0.1, 0.15) is 52.6 Å². The van der Waals surface area contributed by atoms with Crippen molar-refractivity contribution in [3.05, 3.63) is 140 Å². The van der Waals surface area contributed by atoms with Gasteiger partial charge in [0.25, 0.3) is 23.6 Å². The van der Waals surface area contributed by atoms with Crippen molar-refractivity contribution in [3.63, 3.8) is 0 Å². The molecule has 0 atom stereocenters. The molecule has 0 unspecified atom stereocenters. The molecular formula is C38H20Cl2N2O4. The van der Waals surface area contributed by atoms with Crippen molar-refractivity contribution < 1.29 is 19.2 Å². The second kappa shape index (κ2) is 9.60. The largest absolute Gasteiger partial charge is 0.270 e. The van der Waals surface area contributed by atoms with Crippen LogP contribution in [0.25, 0.3) is 43.1 Å². The molecule has 0 fully saturated rings. The first-order valence-corrected chi connectivity index (χ1v) is 15.5. The lowest BCUT2D eigenvalue weighted by molar-refractivity contribution is 0.0583. The number of hydrogen-bond donors (Lipinski definition) is 0. The predicted octanol–water partition coefficient (Wildman–Crippen LogP) is 8.64. The molecule has 2 aliphatic heterocycles. The number of rotatable bonds is 4. The molecule has 6 nitrogen and oxygen atoms in total. The zero-order valence-corrected chi connectivity index (χ0v) is 25.4. The minimum absolute atomic E-state index is 0.0605. The molecule has 0 aromatic heterocycles. The summed E-state index contributed by atoms with van der Waals surface area (Å²) in [5.74, 6) is -1.53. The third-order valence-corrected chi connectivity index (χ3v) is 10.1. The van der Waals surface area contributed by atoms with E-state index in [0.717, 1.165) is 32.3 Å². The van der Waals surface area contributed by atoms with Crippen molar-refractivity contribution in [2.45, 2.75) is 13.1 Å². The molecule has 2 heterocycles. The van der Waals surface area contributed by atoms with E-state index in [0.29, 0.717) is 54.2 Å². The van der Waals surface area contributed by atoms with Gasteiger partial charge in [-0.3, -0.25) is 29.0 Å². The normalized spacial score (nSPS) is 14.6. The first-order valence-electron chi connectivity index (χ1n) is 14.7. The van der Waals surface area contributed by atoms with Gasteiger partial charge in [-0.15, -0.1) is 0 Å². The van der Waals surface area contributed by atoms with Crippen LogP contribution in [0, 0.1) is 0 Å². The van der Waals surface area contributed by atoms with Crippen molar-refractivity contribution in [1.82, 2.24) is 9.80 Å². The van der Waals surface area contributed by atoms with E-state index in [2.05, 4.69) is 0 Å². The van der Waals surface area contributed by atoms with E-state index in [-0.39, 0.29) is 36.7 Å². The Kier molecular flexibility index (Phi) is 5.64. The highest BCUT2D eigenvalue weighted by Crippen LogP contribution is 2.46. The summed E-state index contributed by atoms with van der Waals surface area (Å²) in [5.41, 5.74) is 3.13. The molecule has 0 spiro atoms. The summed E-state index contributed by atoms with van der Waals surface area (Å²) in [6.07, 6.45) is 0. The number of hydrogen-bond acceptors (Lipinski definition) is 4. The van der Waals surface area contributed by atoms with Crippen LogP contribution >= 0.6 is 23.2 Å². The first kappa shape index (κ1) is 27.0. The summed E-state index contributed by atoms with van der Waals surface area (Å²) in [4.78, 5) is 57.9. The van der Waals surface area contributed by atoms with Gasteiger partial charge >= 0.3 is 0 Å². The molecule has 2 aliphatic rings. The van der Waals surface area contributed by atoms with E-state index in [1.165, 1.54) is 9.80 Å². The number of halogens is 2. The van der Waals surface area contributed by atoms with Gasteiger partial charge in [-0.25, -0.2) is 0 Å². The number of fused-ring (bicyclic) bond motifs is 2. The maximum atomic E-state index is 13.9. The summed E-state index contributed by atoms with van der Waals surface area (Å²) < 4.78 is 0. The van der Waals surface area contributed by atoms with Crippen LogP contribution in [0.15, 0.2) is 97.1 Å². The summed E-state index contributed by atoms with van der Waals surface area (Å²) in [5, 5.41) is 7.15. The van der Waals surface area contributed by atoms with Gasteiger partial charge in [0, 0.05) is 43.1 Å². The highest BCUT2D eigenvalue weighted by molar-refractivity contribution is 6.41. The zero-order valence-electron chi connectivity index (χ0n) is 23.9. The maximum absolute atomic E-state index is 13.9. The van der Waals surface area contributed by atoms with Gasteiger partial charge in [-0.05, 0) is 79.8 Å². The van der Waals surface area contributed by atoms with Gasteiger partial charge in [0.2, 0.25) is 0 Å². The third-order valence-electron chi connectivity index (χ3n) is 9.38. The lowest BCUT2D eigenvalue weighted by atomic mass is 9.82. The number of nitrogens with zero attached hydrogens (tertiary/aromatic N) is 2. The molecule has 0 radical (unpaired) electrons. The lowest BCUT2D eigenvalue weighted by Crippen LogP contribution is -2.40. The topological polar surface area (TPSA) is 74.8 Å². The molecule has 0 aliphatic carbocycles. The first-order chi connectivity index (χ1) is 22.3. The second-order valence-electron chi connectivity index (χ2n) is 11.7. The molecule has 0 saturated carbocycles. The zero-order chi connectivity index (χ0) is 31.4. The van der Waals surface area contributed by atoms with Gasteiger partial charge in [0.15, 0.2) is 0 Å². The van der Waals surface area contributed by atoms with Crippen LogP contribution in [-0.4, -0.2) is 33.4 Å². The van der Waals surface area contributed by atoms with E-state index in [4.69, 9.17) is 23.2 Å². The van der Waals surface area contributed by atoms with Crippen LogP contribution in [0.2, 0.25) is 10.0 Å². The summed E-state index contributed by atoms with van der Waals surface area (Å²) >= 11 is 12.8. The number of carbonyl (C=O) groups excluding carboxylic acids is 4. The maximum Gasteiger partial charge on any atom is 0.261 e. The summed E-state index contributed by atoms with van der Waals surface area (Å²) in [6.45, 7) is 0.121. The molecular weight excluding hydrogens is 619 g/mol. The number of carbonyl (C=O) groups is 4. The third kappa shape index (κ3) is 3.54. The van der Waals surface area contributed by atoms with Crippen molar-refractivity contribution in [2.24, 2.45) is 0 Å². The number of benzene rings is 7. The Balaban J connectivity index is 1.24. The Morgan fingerprint density at radius 1 is 0.391 bits per heavy atom. The van der Waals surface area contributed by atoms with Gasteiger partial charge in [-0.1, -0.05) is 83.9 Å². The molecule has 4 amide bonds. The van der Waals surface area contributed by atoms with E-state index >= 15 is 0 Å². The van der Waals surface area contributed by atoms with Gasteiger partial charge in [0.05, 0.1) is 13.1 Å². The van der Waals surface area contributed by atoms with E-state index in [1.807, 2.05) is 36.4 Å². The van der Waals surface area contributed by atoms with E-state index in [1.54, 1.807) is 60.7 Å². The van der Waals surface area contributed by atoms with Crippen molar-refractivity contribution in [2.75, 3.05) is 0 Å². The second-order valence-corrected chi connectivity index (χ2v) is 12.5. The SMILES string of the molecule is O=C1c2ccc3c4ccc5c6c(ccc(c7ccc(c2c37)C(=O)N1Cc1ccccc1Cl)c64)C(=O)N(Cc1ccccc1Cl)C5=O. The van der Waals surface area contributed by atoms with Gasteiger partial charge < -0.3 is 0 Å². The predicted molar refractivity (Wildman–Crippen MR) is 179 cm³/mol. The quantitative estimate of drug-likeness (QED) is 0.110. The average Bonchev–Trinajstić information content (AvgIpc) is 3.07. The standard InChI is InChI=1S/C38H20Cl2N2O4/c39-29-7-3-1-5-19(29)17-41-35(43)25-13-9-21-23-11-15-27-34-28(38(46)42(37(27)45)18-20-6-2-4-8-30(20)40)16-12-24(32(23)34)22-10-14-26(36(41)44)33(25)31(21)22/h1-16H,17-18H2. The Morgan fingerprint density at radius 2 is 0.696 bits per heavy atom. The Morgan fingerprint density at radius 3 is 1.00 bits per heavy atom. The van der Waals surface area contributed by atoms with E-state index in [9.17, 15) is 19.2 Å². The molecule has 7 aromatic carbocycles. The molecule has 46 heavy (non-hydrogen) atoms. The smallest absolute Gasteiger partial charge is 0.261 e. The molecule has 0 bridgehead atoms. The summed E-state index contributed by atoms with van der Waals surface area (Å²) in [7, 11) is 0. The van der Waals surface area contributed by atoms with Crippen LogP contribution in [0.5, 0.6) is 0 Å². The lowest BCUT2D eigenvalue weighted by Gasteiger charge is -2.30. The highest BCUT2D eigenvalue weighted by atomic mass is 35.5. The molecule has 9 rings (SSSR count).